The van der Waals surface area contributed by atoms with Gasteiger partial charge >= 0.3 is 6.03 Å². The zero-order chi connectivity index (χ0) is 25.2. The fraction of sp³-hybridized carbons (Fsp3) is 0.417. The number of carbonyl (C=O) groups is 1. The van der Waals surface area contributed by atoms with Crippen molar-refractivity contribution < 1.29 is 22.7 Å². The minimum Gasteiger partial charge on any atom is -0.493 e. The van der Waals surface area contributed by atoms with Crippen molar-refractivity contribution in [1.29, 1.82) is 0 Å². The van der Waals surface area contributed by atoms with Crippen LogP contribution >= 0.6 is 0 Å². The van der Waals surface area contributed by atoms with Gasteiger partial charge in [-0.25, -0.2) is 18.2 Å². The maximum absolute atomic E-state index is 12.5. The largest absolute Gasteiger partial charge is 0.493 e. The summed E-state index contributed by atoms with van der Waals surface area (Å²) < 4.78 is 36.1. The molecule has 0 radical (unpaired) electrons. The Hall–Kier alpha value is -3.31. The molecule has 4 rings (SSSR count). The van der Waals surface area contributed by atoms with Crippen molar-refractivity contribution in [3.8, 4) is 11.5 Å². The van der Waals surface area contributed by atoms with Crippen molar-refractivity contribution in [2.75, 3.05) is 65.1 Å². The number of hydrogen-bond donors (Lipinski definition) is 1. The minimum absolute atomic E-state index is 0.283. The van der Waals surface area contributed by atoms with Gasteiger partial charge in [-0.05, 0) is 36.2 Å². The van der Waals surface area contributed by atoms with Crippen molar-refractivity contribution in [3.05, 3.63) is 53.1 Å². The van der Waals surface area contributed by atoms with E-state index in [4.69, 9.17) is 14.6 Å². The SMILES string of the molecule is CNC(=O)N1CCc2cc(OC)c(OC)cc2C(c2ccc(N3CCN(S(C)(=O)=O)CC3)cc2)=N1. The van der Waals surface area contributed by atoms with E-state index in [0.717, 1.165) is 22.4 Å². The third kappa shape index (κ3) is 5.20. The molecular weight excluding hydrogens is 470 g/mol. The fourth-order valence-electron chi connectivity index (χ4n) is 4.40. The Morgan fingerprint density at radius 3 is 2.17 bits per heavy atom. The fourth-order valence-corrected chi connectivity index (χ4v) is 5.22. The maximum atomic E-state index is 12.5. The van der Waals surface area contributed by atoms with Gasteiger partial charge in [0.1, 0.15) is 0 Å². The normalized spacial score (nSPS) is 16.7. The number of fused-ring (bicyclic) bond motifs is 1. The van der Waals surface area contributed by atoms with Gasteiger partial charge in [0.25, 0.3) is 0 Å². The summed E-state index contributed by atoms with van der Waals surface area (Å²) in [5.74, 6) is 1.22. The molecule has 35 heavy (non-hydrogen) atoms. The number of nitrogens with zero attached hydrogens (tertiary/aromatic N) is 4. The smallest absolute Gasteiger partial charge is 0.337 e. The molecular formula is C24H31N5O5S. The van der Waals surface area contributed by atoms with Crippen LogP contribution in [0.25, 0.3) is 0 Å². The van der Waals surface area contributed by atoms with E-state index >= 15 is 0 Å². The number of hydrogen-bond acceptors (Lipinski definition) is 7. The monoisotopic (exact) mass is 501 g/mol. The summed E-state index contributed by atoms with van der Waals surface area (Å²) >= 11 is 0. The second-order valence-corrected chi connectivity index (χ2v) is 10.4. The van der Waals surface area contributed by atoms with Crippen LogP contribution in [0.4, 0.5) is 10.5 Å². The lowest BCUT2D eigenvalue weighted by Gasteiger charge is -2.34. The molecule has 2 amide bonds. The highest BCUT2D eigenvalue weighted by Crippen LogP contribution is 2.34. The quantitative estimate of drug-likeness (QED) is 0.669. The number of urea groups is 1. The van der Waals surface area contributed by atoms with Crippen LogP contribution in [0.3, 0.4) is 0 Å². The molecule has 188 valence electrons. The molecule has 2 aromatic rings. The second-order valence-electron chi connectivity index (χ2n) is 8.44. The highest BCUT2D eigenvalue weighted by atomic mass is 32.2. The molecule has 11 heteroatoms. The number of carbonyl (C=O) groups excluding carboxylic acids is 1. The van der Waals surface area contributed by atoms with Crippen molar-refractivity contribution in [2.45, 2.75) is 6.42 Å². The highest BCUT2D eigenvalue weighted by molar-refractivity contribution is 7.88. The molecule has 2 aromatic carbocycles. The van der Waals surface area contributed by atoms with Crippen LogP contribution in [0.1, 0.15) is 16.7 Å². The summed E-state index contributed by atoms with van der Waals surface area (Å²) in [4.78, 5) is 14.6. The first kappa shape index (κ1) is 24.8. The van der Waals surface area contributed by atoms with E-state index in [2.05, 4.69) is 10.2 Å². The van der Waals surface area contributed by atoms with E-state index in [0.29, 0.717) is 56.4 Å². The zero-order valence-corrected chi connectivity index (χ0v) is 21.3. The molecule has 1 saturated heterocycles. The minimum atomic E-state index is -3.18. The van der Waals surface area contributed by atoms with Crippen LogP contribution in [0.2, 0.25) is 0 Å². The van der Waals surface area contributed by atoms with Crippen LogP contribution in [0.15, 0.2) is 41.5 Å². The van der Waals surface area contributed by atoms with Crippen molar-refractivity contribution >= 4 is 27.5 Å². The zero-order valence-electron chi connectivity index (χ0n) is 20.4. The topological polar surface area (TPSA) is 104 Å². The van der Waals surface area contributed by atoms with Gasteiger partial charge in [-0.15, -0.1) is 0 Å². The summed E-state index contributed by atoms with van der Waals surface area (Å²) in [6.07, 6.45) is 1.86. The van der Waals surface area contributed by atoms with E-state index < -0.39 is 10.0 Å². The molecule has 1 N–H and O–H groups in total. The number of rotatable bonds is 5. The van der Waals surface area contributed by atoms with E-state index in [1.54, 1.807) is 21.3 Å². The van der Waals surface area contributed by atoms with E-state index in [9.17, 15) is 13.2 Å². The Bertz CT molecular complexity index is 1220. The Kier molecular flexibility index (Phi) is 7.18. The number of ether oxygens (including phenoxy) is 2. The third-order valence-electron chi connectivity index (χ3n) is 6.34. The lowest BCUT2D eigenvalue weighted by atomic mass is 9.95. The predicted molar refractivity (Wildman–Crippen MR) is 135 cm³/mol. The third-order valence-corrected chi connectivity index (χ3v) is 7.64. The van der Waals surface area contributed by atoms with E-state index in [1.165, 1.54) is 15.6 Å². The molecule has 0 atom stereocenters. The summed E-state index contributed by atoms with van der Waals surface area (Å²) in [5, 5.41) is 8.81. The Morgan fingerprint density at radius 1 is 0.971 bits per heavy atom. The van der Waals surface area contributed by atoms with Crippen LogP contribution < -0.4 is 19.7 Å². The molecule has 0 unspecified atom stereocenters. The maximum Gasteiger partial charge on any atom is 0.337 e. The van der Waals surface area contributed by atoms with Crippen LogP contribution in [-0.2, 0) is 16.4 Å². The van der Waals surface area contributed by atoms with Crippen LogP contribution in [0, 0.1) is 0 Å². The van der Waals surface area contributed by atoms with E-state index in [-0.39, 0.29) is 6.03 Å². The first-order valence-electron chi connectivity index (χ1n) is 11.4. The van der Waals surface area contributed by atoms with Gasteiger partial charge in [0.15, 0.2) is 11.5 Å². The van der Waals surface area contributed by atoms with Crippen LogP contribution in [0.5, 0.6) is 11.5 Å². The molecule has 0 saturated carbocycles. The molecule has 2 aliphatic heterocycles. The van der Waals surface area contributed by atoms with Crippen LogP contribution in [-0.4, -0.2) is 89.7 Å². The summed E-state index contributed by atoms with van der Waals surface area (Å²) in [6, 6.07) is 11.5. The van der Waals surface area contributed by atoms with E-state index in [1.807, 2.05) is 36.4 Å². The number of nitrogens with one attached hydrogen (secondary N) is 1. The van der Waals surface area contributed by atoms with Gasteiger partial charge in [-0.3, -0.25) is 0 Å². The van der Waals surface area contributed by atoms with Gasteiger partial charge in [-0.2, -0.15) is 9.41 Å². The number of anilines is 1. The summed E-state index contributed by atoms with van der Waals surface area (Å²) in [5.41, 5.74) is 4.41. The lowest BCUT2D eigenvalue weighted by Crippen LogP contribution is -2.48. The molecule has 2 heterocycles. The summed E-state index contributed by atoms with van der Waals surface area (Å²) in [6.45, 7) is 2.59. The number of benzene rings is 2. The van der Waals surface area contributed by atoms with Gasteiger partial charge in [0, 0.05) is 50.0 Å². The molecule has 0 aliphatic carbocycles. The van der Waals surface area contributed by atoms with Crippen molar-refractivity contribution in [1.82, 2.24) is 14.6 Å². The Balaban J connectivity index is 1.67. The number of sulfonamides is 1. The Labute approximate surface area is 206 Å². The van der Waals surface area contributed by atoms with Gasteiger partial charge < -0.3 is 19.7 Å². The first-order valence-corrected chi connectivity index (χ1v) is 13.2. The lowest BCUT2D eigenvalue weighted by molar-refractivity contribution is 0.203. The average Bonchev–Trinajstić information content (AvgIpc) is 3.06. The van der Waals surface area contributed by atoms with Gasteiger partial charge in [-0.1, -0.05) is 12.1 Å². The van der Waals surface area contributed by atoms with Gasteiger partial charge in [0.2, 0.25) is 10.0 Å². The summed E-state index contributed by atoms with van der Waals surface area (Å²) in [7, 11) is 1.60. The molecule has 2 aliphatic rings. The standard InChI is InChI=1S/C24H31N5O5S/c1-25-24(30)29-10-9-18-15-21(33-2)22(34-3)16-20(18)23(26-29)17-5-7-19(8-6-17)27-11-13-28(14-12-27)35(4,31)32/h5-8,15-16H,9-14H2,1-4H3,(H,25,30). The molecule has 10 nitrogen and oxygen atoms in total. The van der Waals surface area contributed by atoms with Gasteiger partial charge in [0.05, 0.1) is 32.7 Å². The van der Waals surface area contributed by atoms with Crippen molar-refractivity contribution in [3.63, 3.8) is 0 Å². The number of methoxy groups -OCH3 is 2. The molecule has 1 fully saturated rings. The number of amides is 2. The molecule has 0 bridgehead atoms. The number of hydrazone groups is 1. The van der Waals surface area contributed by atoms with Crippen molar-refractivity contribution in [2.24, 2.45) is 5.10 Å². The highest BCUT2D eigenvalue weighted by Gasteiger charge is 2.26. The molecule has 0 aromatic heterocycles. The average molecular weight is 502 g/mol. The predicted octanol–water partition coefficient (Wildman–Crippen LogP) is 1.74. The first-order chi connectivity index (χ1) is 16.7. The Morgan fingerprint density at radius 2 is 1.60 bits per heavy atom. The second kappa shape index (κ2) is 10.1. The molecule has 0 spiro atoms. The number of piperazine rings is 1.